The summed E-state index contributed by atoms with van der Waals surface area (Å²) in [5.74, 6) is 0. The van der Waals surface area contributed by atoms with E-state index in [4.69, 9.17) is 42.9 Å². The van der Waals surface area contributed by atoms with Gasteiger partial charge in [0.05, 0.1) is 26.4 Å². The van der Waals surface area contributed by atoms with E-state index < -0.39 is 43.9 Å². The monoisotopic (exact) mass is 474 g/mol. The number of hydrogen-bond donors (Lipinski definition) is 4. The Morgan fingerprint density at radius 3 is 1.41 bits per heavy atom. The van der Waals surface area contributed by atoms with E-state index in [0.29, 0.717) is 6.61 Å². The average molecular weight is 475 g/mol. The van der Waals surface area contributed by atoms with Gasteiger partial charge in [0.25, 0.3) is 0 Å². The van der Waals surface area contributed by atoms with Crippen LogP contribution in [0, 0.1) is 0 Å². The molecule has 0 heterocycles. The maximum atomic E-state index is 8.88. The molecular formula is C17H42O9Si3. The van der Waals surface area contributed by atoms with Crippen molar-refractivity contribution in [3.05, 3.63) is 0 Å². The highest BCUT2D eigenvalue weighted by atomic mass is 28.5. The fourth-order valence-corrected chi connectivity index (χ4v) is 15.3. The summed E-state index contributed by atoms with van der Waals surface area (Å²) in [6.45, 7) is 15.3. The van der Waals surface area contributed by atoms with Crippen LogP contribution in [0.3, 0.4) is 0 Å². The predicted octanol–water partition coefficient (Wildman–Crippen LogP) is 1.19. The Balaban J connectivity index is 4.62. The zero-order valence-electron chi connectivity index (χ0n) is 19.0. The SMILES string of the molecule is C[Si](C)(C)O[Si](C)(CCCOC(COCC(O)O)COCC(O)O)O[Si](C)(C)C. The second kappa shape index (κ2) is 13.6. The molecule has 0 aromatic carbocycles. The summed E-state index contributed by atoms with van der Waals surface area (Å²) in [4.78, 5) is 0. The minimum absolute atomic E-state index is 0.102. The minimum Gasteiger partial charge on any atom is -0.437 e. The summed E-state index contributed by atoms with van der Waals surface area (Å²) in [6.07, 6.45) is -2.82. The highest BCUT2D eigenvalue weighted by molar-refractivity contribution is 6.87. The first-order chi connectivity index (χ1) is 13.1. The van der Waals surface area contributed by atoms with Crippen LogP contribution in [0.2, 0.25) is 51.9 Å². The quantitative estimate of drug-likeness (QED) is 0.140. The molecular weight excluding hydrogens is 432 g/mol. The Hall–Kier alpha value is 0.291. The molecule has 0 fully saturated rings. The largest absolute Gasteiger partial charge is 0.437 e. The molecule has 0 aromatic rings. The second-order valence-electron chi connectivity index (χ2n) is 9.20. The molecule has 0 aromatic heterocycles. The minimum atomic E-state index is -2.32. The van der Waals surface area contributed by atoms with E-state index in [2.05, 4.69) is 45.8 Å². The third-order valence-electron chi connectivity index (χ3n) is 3.31. The smallest absolute Gasteiger partial charge is 0.314 e. The van der Waals surface area contributed by atoms with Gasteiger partial charge in [-0.2, -0.15) is 0 Å². The highest BCUT2D eigenvalue weighted by Crippen LogP contribution is 2.25. The first kappa shape index (κ1) is 29.3. The van der Waals surface area contributed by atoms with Crippen molar-refractivity contribution in [2.75, 3.05) is 33.0 Å². The molecule has 12 heteroatoms. The van der Waals surface area contributed by atoms with Crippen molar-refractivity contribution < 1.29 is 42.9 Å². The Bertz CT molecular complexity index is 395. The van der Waals surface area contributed by atoms with E-state index in [9.17, 15) is 0 Å². The van der Waals surface area contributed by atoms with Gasteiger partial charge < -0.3 is 42.9 Å². The number of rotatable bonds is 17. The summed E-state index contributed by atoms with van der Waals surface area (Å²) in [6, 6.07) is 0.806. The fourth-order valence-electron chi connectivity index (χ4n) is 2.82. The Kier molecular flexibility index (Phi) is 13.8. The van der Waals surface area contributed by atoms with E-state index in [-0.39, 0.29) is 26.4 Å². The van der Waals surface area contributed by atoms with Gasteiger partial charge in [-0.25, -0.2) is 0 Å². The molecule has 0 aliphatic heterocycles. The van der Waals surface area contributed by atoms with Crippen molar-refractivity contribution in [3.63, 3.8) is 0 Å². The van der Waals surface area contributed by atoms with Crippen molar-refractivity contribution in [3.8, 4) is 0 Å². The highest BCUT2D eigenvalue weighted by Gasteiger charge is 2.39. The number of aliphatic hydroxyl groups excluding tert-OH is 2. The maximum absolute atomic E-state index is 8.88. The topological polar surface area (TPSA) is 127 Å². The summed E-state index contributed by atoms with van der Waals surface area (Å²) in [5.41, 5.74) is 0. The summed E-state index contributed by atoms with van der Waals surface area (Å²) in [5, 5.41) is 35.5. The van der Waals surface area contributed by atoms with E-state index in [1.54, 1.807) is 0 Å². The van der Waals surface area contributed by atoms with E-state index >= 15 is 0 Å². The van der Waals surface area contributed by atoms with E-state index in [1.807, 2.05) is 0 Å². The van der Waals surface area contributed by atoms with Crippen LogP contribution in [0.15, 0.2) is 0 Å². The van der Waals surface area contributed by atoms with Crippen molar-refractivity contribution in [2.45, 2.75) is 77.0 Å². The Labute approximate surface area is 178 Å². The molecule has 176 valence electrons. The molecule has 0 saturated carbocycles. The molecule has 0 rings (SSSR count). The Morgan fingerprint density at radius 1 is 0.655 bits per heavy atom. The van der Waals surface area contributed by atoms with Crippen LogP contribution in [0.5, 0.6) is 0 Å². The van der Waals surface area contributed by atoms with Crippen LogP contribution in [0.4, 0.5) is 0 Å². The van der Waals surface area contributed by atoms with Crippen molar-refractivity contribution >= 4 is 25.2 Å². The number of aliphatic hydroxyl groups is 4. The lowest BCUT2D eigenvalue weighted by Crippen LogP contribution is -2.52. The standard InChI is InChI=1S/C17H42O9Si3/c1-27(2,3)25-29(7,26-28(4,5)6)10-8-9-24-15(11-22-13-16(18)19)12-23-14-17(20)21/h15-21H,8-14H2,1-7H3. The molecule has 0 bridgehead atoms. The van der Waals surface area contributed by atoms with Crippen molar-refractivity contribution in [1.29, 1.82) is 0 Å². The van der Waals surface area contributed by atoms with Gasteiger partial charge in [-0.05, 0) is 58.3 Å². The van der Waals surface area contributed by atoms with Gasteiger partial charge in [-0.3, -0.25) is 0 Å². The molecule has 0 amide bonds. The van der Waals surface area contributed by atoms with Crippen LogP contribution in [-0.2, 0) is 22.4 Å². The van der Waals surface area contributed by atoms with E-state index in [1.165, 1.54) is 0 Å². The third kappa shape index (κ3) is 18.8. The molecule has 4 N–H and O–H groups in total. The third-order valence-corrected chi connectivity index (χ3v) is 12.9. The number of hydrogen-bond acceptors (Lipinski definition) is 9. The first-order valence-corrected chi connectivity index (χ1v) is 19.4. The van der Waals surface area contributed by atoms with Gasteiger partial charge in [0.1, 0.15) is 6.10 Å². The molecule has 9 nitrogen and oxygen atoms in total. The molecule has 0 radical (unpaired) electrons. The lowest BCUT2D eigenvalue weighted by atomic mass is 10.4. The molecule has 0 aliphatic rings. The summed E-state index contributed by atoms with van der Waals surface area (Å²) < 4.78 is 29.1. The van der Waals surface area contributed by atoms with Crippen LogP contribution < -0.4 is 0 Å². The van der Waals surface area contributed by atoms with Gasteiger partial charge in [-0.1, -0.05) is 0 Å². The number of ether oxygens (including phenoxy) is 3. The van der Waals surface area contributed by atoms with Gasteiger partial charge in [0.15, 0.2) is 29.2 Å². The first-order valence-electron chi connectivity index (χ1n) is 10.0. The summed E-state index contributed by atoms with van der Waals surface area (Å²) >= 11 is 0. The van der Waals surface area contributed by atoms with Gasteiger partial charge in [-0.15, -0.1) is 0 Å². The van der Waals surface area contributed by atoms with Gasteiger partial charge in [0, 0.05) is 6.61 Å². The fraction of sp³-hybridized carbons (Fsp3) is 1.00. The van der Waals surface area contributed by atoms with Crippen LogP contribution >= 0.6 is 0 Å². The molecule has 29 heavy (non-hydrogen) atoms. The summed E-state index contributed by atoms with van der Waals surface area (Å²) in [7, 11) is -5.82. The lowest BCUT2D eigenvalue weighted by Gasteiger charge is -2.38. The molecule has 0 atom stereocenters. The zero-order chi connectivity index (χ0) is 22.7. The van der Waals surface area contributed by atoms with Crippen LogP contribution in [-0.4, -0.2) is 97.3 Å². The molecule has 0 spiro atoms. The Morgan fingerprint density at radius 2 is 1.07 bits per heavy atom. The lowest BCUT2D eigenvalue weighted by molar-refractivity contribution is -0.135. The second-order valence-corrected chi connectivity index (χ2v) is 22.0. The maximum Gasteiger partial charge on any atom is 0.314 e. The normalized spacial score (nSPS) is 13.9. The van der Waals surface area contributed by atoms with Gasteiger partial charge in [0.2, 0.25) is 0 Å². The average Bonchev–Trinajstić information content (AvgIpc) is 2.46. The van der Waals surface area contributed by atoms with Crippen molar-refractivity contribution in [1.82, 2.24) is 0 Å². The molecule has 0 saturated heterocycles. The molecule has 0 unspecified atom stereocenters. The predicted molar refractivity (Wildman–Crippen MR) is 118 cm³/mol. The van der Waals surface area contributed by atoms with Crippen LogP contribution in [0.1, 0.15) is 6.42 Å². The van der Waals surface area contributed by atoms with Crippen LogP contribution in [0.25, 0.3) is 0 Å². The van der Waals surface area contributed by atoms with Crippen molar-refractivity contribution in [2.24, 2.45) is 0 Å². The molecule has 0 aliphatic carbocycles. The van der Waals surface area contributed by atoms with Gasteiger partial charge >= 0.3 is 8.56 Å². The van der Waals surface area contributed by atoms with E-state index in [0.717, 1.165) is 12.5 Å². The zero-order valence-corrected chi connectivity index (χ0v) is 22.0.